The van der Waals surface area contributed by atoms with E-state index >= 15 is 0 Å². The number of piperidine rings is 1. The topological polar surface area (TPSA) is 23.5 Å². The number of aliphatic hydroxyl groups is 1. The van der Waals surface area contributed by atoms with Gasteiger partial charge in [-0.25, -0.2) is 0 Å². The van der Waals surface area contributed by atoms with Crippen molar-refractivity contribution in [3.05, 3.63) is 70.2 Å². The van der Waals surface area contributed by atoms with Crippen molar-refractivity contribution >= 4 is 11.6 Å². The first kappa shape index (κ1) is 23.6. The molecule has 6 heteroatoms. The largest absolute Gasteiger partial charge is 0.416 e. The maximum atomic E-state index is 12.8. The molecule has 1 heterocycles. The van der Waals surface area contributed by atoms with Gasteiger partial charge in [-0.1, -0.05) is 42.3 Å². The zero-order valence-corrected chi connectivity index (χ0v) is 19.0. The van der Waals surface area contributed by atoms with Crippen molar-refractivity contribution in [2.45, 2.75) is 62.6 Å². The molecular formula is C26H31ClF3NO. The predicted molar refractivity (Wildman–Crippen MR) is 122 cm³/mol. The highest BCUT2D eigenvalue weighted by Gasteiger charge is 2.45. The van der Waals surface area contributed by atoms with Crippen molar-refractivity contribution < 1.29 is 18.3 Å². The number of β-amino-alcohol motifs (C(OH)–C–C–N with tert-alkyl or cyclic N) is 1. The Labute approximate surface area is 193 Å². The third kappa shape index (κ3) is 5.32. The zero-order chi connectivity index (χ0) is 22.8. The Morgan fingerprint density at radius 2 is 1.72 bits per heavy atom. The van der Waals surface area contributed by atoms with Crippen molar-refractivity contribution in [1.29, 1.82) is 0 Å². The number of nitrogens with zero attached hydrogens (tertiary/aromatic N) is 1. The van der Waals surface area contributed by atoms with Crippen LogP contribution in [0.25, 0.3) is 0 Å². The molecule has 2 nitrogen and oxygen atoms in total. The van der Waals surface area contributed by atoms with Gasteiger partial charge in [-0.05, 0) is 86.4 Å². The molecule has 0 bridgehead atoms. The van der Waals surface area contributed by atoms with Crippen LogP contribution in [0.4, 0.5) is 13.2 Å². The van der Waals surface area contributed by atoms with Gasteiger partial charge in [0.25, 0.3) is 0 Å². The Morgan fingerprint density at radius 1 is 1.03 bits per heavy atom. The molecule has 174 valence electrons. The summed E-state index contributed by atoms with van der Waals surface area (Å²) in [5.41, 5.74) is 1.37. The molecule has 1 saturated heterocycles. The molecule has 0 spiro atoms. The van der Waals surface area contributed by atoms with E-state index in [1.54, 1.807) is 12.1 Å². The van der Waals surface area contributed by atoms with Crippen LogP contribution in [0.3, 0.4) is 0 Å². The summed E-state index contributed by atoms with van der Waals surface area (Å²) >= 11 is 6.06. The van der Waals surface area contributed by atoms with Crippen molar-refractivity contribution in [3.63, 3.8) is 0 Å². The summed E-state index contributed by atoms with van der Waals surface area (Å²) < 4.78 is 38.3. The van der Waals surface area contributed by atoms with E-state index in [-0.39, 0.29) is 5.41 Å². The highest BCUT2D eigenvalue weighted by atomic mass is 35.5. The summed E-state index contributed by atoms with van der Waals surface area (Å²) in [7, 11) is 0. The highest BCUT2D eigenvalue weighted by Crippen LogP contribution is 2.47. The van der Waals surface area contributed by atoms with Crippen LogP contribution >= 0.6 is 11.6 Å². The predicted octanol–water partition coefficient (Wildman–Crippen LogP) is 6.49. The Bertz CT molecular complexity index is 877. The number of benzene rings is 2. The molecule has 0 aromatic heterocycles. The average molecular weight is 466 g/mol. The first-order chi connectivity index (χ1) is 15.3. The van der Waals surface area contributed by atoms with Gasteiger partial charge < -0.3 is 10.0 Å². The SMILES string of the molecule is O[C@H](CN1CCC[C@@H](CCc2ccc(C(F)(F)F)cc2)C1)C1(c2ccc(Cl)cc2)CCC1. The quantitative estimate of drug-likeness (QED) is 0.505. The van der Waals surface area contributed by atoms with E-state index in [0.717, 1.165) is 63.6 Å². The van der Waals surface area contributed by atoms with Gasteiger partial charge >= 0.3 is 6.18 Å². The van der Waals surface area contributed by atoms with Crippen LogP contribution < -0.4 is 0 Å². The minimum atomic E-state index is -4.28. The minimum Gasteiger partial charge on any atom is -0.391 e. The van der Waals surface area contributed by atoms with Crippen molar-refractivity contribution in [3.8, 4) is 0 Å². The lowest BCUT2D eigenvalue weighted by molar-refractivity contribution is -0.137. The highest BCUT2D eigenvalue weighted by molar-refractivity contribution is 6.30. The van der Waals surface area contributed by atoms with Crippen LogP contribution in [0.1, 0.15) is 55.2 Å². The van der Waals surface area contributed by atoms with E-state index in [0.29, 0.717) is 17.5 Å². The van der Waals surface area contributed by atoms with Gasteiger partial charge in [0, 0.05) is 23.5 Å². The number of hydrogen-bond donors (Lipinski definition) is 1. The van der Waals surface area contributed by atoms with Crippen LogP contribution in [-0.2, 0) is 18.0 Å². The van der Waals surface area contributed by atoms with Crippen LogP contribution in [0, 0.1) is 5.92 Å². The van der Waals surface area contributed by atoms with Crippen molar-refractivity contribution in [2.24, 2.45) is 5.92 Å². The molecule has 4 rings (SSSR count). The fourth-order valence-corrected chi connectivity index (χ4v) is 5.48. The molecule has 1 aliphatic carbocycles. The molecule has 0 unspecified atom stereocenters. The fraction of sp³-hybridized carbons (Fsp3) is 0.538. The maximum Gasteiger partial charge on any atom is 0.416 e. The second-order valence-corrected chi connectivity index (χ2v) is 9.97. The lowest BCUT2D eigenvalue weighted by atomic mass is 9.61. The summed E-state index contributed by atoms with van der Waals surface area (Å²) in [4.78, 5) is 2.38. The van der Waals surface area contributed by atoms with Crippen LogP contribution in [0.2, 0.25) is 5.02 Å². The monoisotopic (exact) mass is 465 g/mol. The second kappa shape index (κ2) is 9.74. The van der Waals surface area contributed by atoms with Gasteiger partial charge in [0.2, 0.25) is 0 Å². The minimum absolute atomic E-state index is 0.169. The fourth-order valence-electron chi connectivity index (χ4n) is 5.36. The van der Waals surface area contributed by atoms with Gasteiger partial charge in [-0.15, -0.1) is 0 Å². The third-order valence-electron chi connectivity index (χ3n) is 7.46. The van der Waals surface area contributed by atoms with Gasteiger partial charge in [0.1, 0.15) is 0 Å². The van der Waals surface area contributed by atoms with E-state index in [1.807, 2.05) is 24.3 Å². The Morgan fingerprint density at radius 3 is 2.31 bits per heavy atom. The Kier molecular flexibility index (Phi) is 7.18. The van der Waals surface area contributed by atoms with E-state index in [1.165, 1.54) is 17.7 Å². The second-order valence-electron chi connectivity index (χ2n) is 9.53. The van der Waals surface area contributed by atoms with Gasteiger partial charge in [0.05, 0.1) is 11.7 Å². The normalized spacial score (nSPS) is 22.3. The molecular weight excluding hydrogens is 435 g/mol. The molecule has 0 radical (unpaired) electrons. The summed E-state index contributed by atoms with van der Waals surface area (Å²) in [5.74, 6) is 0.506. The Hall–Kier alpha value is -1.56. The molecule has 1 aliphatic heterocycles. The number of alkyl halides is 3. The maximum absolute atomic E-state index is 12.8. The van der Waals surface area contributed by atoms with Crippen LogP contribution in [0.15, 0.2) is 48.5 Å². The number of halogens is 4. The van der Waals surface area contributed by atoms with Crippen molar-refractivity contribution in [1.82, 2.24) is 4.90 Å². The van der Waals surface area contributed by atoms with E-state index < -0.39 is 17.8 Å². The first-order valence-electron chi connectivity index (χ1n) is 11.6. The number of likely N-dealkylation sites (tertiary alicyclic amines) is 1. The molecule has 2 atom stereocenters. The van der Waals surface area contributed by atoms with Gasteiger partial charge in [0.15, 0.2) is 0 Å². The number of aliphatic hydroxyl groups excluding tert-OH is 1. The standard InChI is InChI=1S/C26H31ClF3NO/c27-23-12-10-21(11-13-23)25(14-2-15-25)24(32)18-31-16-1-3-20(17-31)5-4-19-6-8-22(9-7-19)26(28,29)30/h6-13,20,24,32H,1-5,14-18H2/t20-,24+/m0/s1. The number of rotatable bonds is 7. The van der Waals surface area contributed by atoms with Gasteiger partial charge in [-0.3, -0.25) is 0 Å². The summed E-state index contributed by atoms with van der Waals surface area (Å²) in [6.45, 7) is 2.60. The smallest absolute Gasteiger partial charge is 0.391 e. The summed E-state index contributed by atoms with van der Waals surface area (Å²) in [5, 5.41) is 11.9. The third-order valence-corrected chi connectivity index (χ3v) is 7.71. The molecule has 32 heavy (non-hydrogen) atoms. The molecule has 2 aliphatic rings. The molecule has 1 N–H and O–H groups in total. The average Bonchev–Trinajstić information content (AvgIpc) is 2.73. The van der Waals surface area contributed by atoms with Crippen LogP contribution in [0.5, 0.6) is 0 Å². The first-order valence-corrected chi connectivity index (χ1v) is 12.0. The summed E-state index contributed by atoms with van der Waals surface area (Å²) in [6, 6.07) is 13.5. The molecule has 2 fully saturated rings. The molecule has 0 amide bonds. The molecule has 1 saturated carbocycles. The summed E-state index contributed by atoms with van der Waals surface area (Å²) in [6.07, 6.45) is 2.41. The zero-order valence-electron chi connectivity index (χ0n) is 18.3. The van der Waals surface area contributed by atoms with E-state index in [2.05, 4.69) is 4.90 Å². The lowest BCUT2D eigenvalue weighted by Gasteiger charge is -2.48. The molecule has 2 aromatic rings. The van der Waals surface area contributed by atoms with E-state index in [9.17, 15) is 18.3 Å². The molecule has 2 aromatic carbocycles. The number of aryl methyl sites for hydroxylation is 1. The number of hydrogen-bond acceptors (Lipinski definition) is 2. The van der Waals surface area contributed by atoms with Gasteiger partial charge in [-0.2, -0.15) is 13.2 Å². The van der Waals surface area contributed by atoms with Crippen molar-refractivity contribution in [2.75, 3.05) is 19.6 Å². The van der Waals surface area contributed by atoms with E-state index in [4.69, 9.17) is 11.6 Å². The Balaban J connectivity index is 1.31. The van der Waals surface area contributed by atoms with Crippen LogP contribution in [-0.4, -0.2) is 35.7 Å². The lowest BCUT2D eigenvalue weighted by Crippen LogP contribution is -2.52.